The first-order valence-corrected chi connectivity index (χ1v) is 5.34. The SMILES string of the molecule is CC(O)CNCCNc1nccnc1C(N)=O. The van der Waals surface area contributed by atoms with E-state index in [-0.39, 0.29) is 11.8 Å². The molecule has 17 heavy (non-hydrogen) atoms. The zero-order valence-corrected chi connectivity index (χ0v) is 9.68. The summed E-state index contributed by atoms with van der Waals surface area (Å²) in [5.41, 5.74) is 5.28. The van der Waals surface area contributed by atoms with Crippen molar-refractivity contribution in [3.05, 3.63) is 18.1 Å². The van der Waals surface area contributed by atoms with Crippen molar-refractivity contribution in [3.8, 4) is 0 Å². The summed E-state index contributed by atoms with van der Waals surface area (Å²) in [6.07, 6.45) is 2.52. The highest BCUT2D eigenvalue weighted by molar-refractivity contribution is 5.95. The molecular weight excluding hydrogens is 222 g/mol. The Balaban J connectivity index is 2.39. The second kappa shape index (κ2) is 6.77. The van der Waals surface area contributed by atoms with Crippen LogP contribution in [0.3, 0.4) is 0 Å². The van der Waals surface area contributed by atoms with E-state index in [4.69, 9.17) is 10.8 Å². The Morgan fingerprint density at radius 1 is 1.47 bits per heavy atom. The van der Waals surface area contributed by atoms with Gasteiger partial charge in [-0.25, -0.2) is 9.97 Å². The summed E-state index contributed by atoms with van der Waals surface area (Å²) in [7, 11) is 0. The van der Waals surface area contributed by atoms with E-state index in [9.17, 15) is 4.79 Å². The molecule has 0 spiro atoms. The molecule has 0 radical (unpaired) electrons. The number of carbonyl (C=O) groups excluding carboxylic acids is 1. The number of aliphatic hydroxyl groups is 1. The van der Waals surface area contributed by atoms with Gasteiger partial charge in [-0.3, -0.25) is 4.79 Å². The Morgan fingerprint density at radius 2 is 2.18 bits per heavy atom. The molecule has 1 aromatic rings. The van der Waals surface area contributed by atoms with E-state index in [2.05, 4.69) is 20.6 Å². The number of rotatable bonds is 7. The van der Waals surface area contributed by atoms with E-state index in [1.807, 2.05) is 0 Å². The first-order chi connectivity index (χ1) is 8.11. The van der Waals surface area contributed by atoms with Crippen molar-refractivity contribution < 1.29 is 9.90 Å². The van der Waals surface area contributed by atoms with Crippen molar-refractivity contribution in [2.24, 2.45) is 5.73 Å². The third-order valence-corrected chi connectivity index (χ3v) is 1.97. The maximum absolute atomic E-state index is 11.0. The van der Waals surface area contributed by atoms with Gasteiger partial charge >= 0.3 is 0 Å². The van der Waals surface area contributed by atoms with Crippen molar-refractivity contribution in [1.29, 1.82) is 0 Å². The summed E-state index contributed by atoms with van der Waals surface area (Å²) < 4.78 is 0. The maximum atomic E-state index is 11.0. The number of hydrogen-bond donors (Lipinski definition) is 4. The minimum absolute atomic E-state index is 0.128. The van der Waals surface area contributed by atoms with Crippen LogP contribution in [0.1, 0.15) is 17.4 Å². The van der Waals surface area contributed by atoms with Crippen LogP contribution in [0, 0.1) is 0 Å². The van der Waals surface area contributed by atoms with E-state index in [0.717, 1.165) is 0 Å². The van der Waals surface area contributed by atoms with Gasteiger partial charge in [0.15, 0.2) is 11.5 Å². The highest BCUT2D eigenvalue weighted by Gasteiger charge is 2.09. The molecule has 1 atom stereocenters. The molecule has 1 rings (SSSR count). The van der Waals surface area contributed by atoms with Crippen LogP contribution in [0.5, 0.6) is 0 Å². The predicted molar refractivity (Wildman–Crippen MR) is 63.6 cm³/mol. The van der Waals surface area contributed by atoms with Crippen LogP contribution in [0.25, 0.3) is 0 Å². The molecule has 7 nitrogen and oxygen atoms in total. The first kappa shape index (κ1) is 13.3. The van der Waals surface area contributed by atoms with Crippen LogP contribution in [0.2, 0.25) is 0 Å². The van der Waals surface area contributed by atoms with E-state index in [0.29, 0.717) is 25.5 Å². The number of nitrogens with one attached hydrogen (secondary N) is 2. The molecule has 7 heteroatoms. The highest BCUT2D eigenvalue weighted by Crippen LogP contribution is 2.05. The number of anilines is 1. The van der Waals surface area contributed by atoms with Crippen molar-refractivity contribution >= 4 is 11.7 Å². The summed E-state index contributed by atoms with van der Waals surface area (Å²) in [5.74, 6) is -0.239. The Hall–Kier alpha value is -1.73. The zero-order valence-electron chi connectivity index (χ0n) is 9.68. The molecule has 0 aliphatic heterocycles. The molecule has 94 valence electrons. The lowest BCUT2D eigenvalue weighted by atomic mass is 10.3. The quantitative estimate of drug-likeness (QED) is 0.452. The van der Waals surface area contributed by atoms with Gasteiger partial charge in [-0.05, 0) is 6.92 Å². The Labute approximate surface area is 99.5 Å². The molecule has 1 unspecified atom stereocenters. The van der Waals surface area contributed by atoms with Crippen molar-refractivity contribution in [2.45, 2.75) is 13.0 Å². The van der Waals surface area contributed by atoms with Gasteiger partial charge < -0.3 is 21.5 Å². The zero-order chi connectivity index (χ0) is 12.7. The van der Waals surface area contributed by atoms with E-state index >= 15 is 0 Å². The van der Waals surface area contributed by atoms with Crippen molar-refractivity contribution in [1.82, 2.24) is 15.3 Å². The number of carbonyl (C=O) groups is 1. The number of amides is 1. The lowest BCUT2D eigenvalue weighted by Crippen LogP contribution is -2.29. The van der Waals surface area contributed by atoms with Crippen LogP contribution in [-0.2, 0) is 0 Å². The molecule has 0 bridgehead atoms. The predicted octanol–water partition coefficient (Wildman–Crippen LogP) is -1.04. The molecule has 1 aromatic heterocycles. The molecule has 5 N–H and O–H groups in total. The largest absolute Gasteiger partial charge is 0.392 e. The fourth-order valence-electron chi connectivity index (χ4n) is 1.23. The van der Waals surface area contributed by atoms with Crippen LogP contribution in [0.4, 0.5) is 5.82 Å². The molecule has 0 aliphatic rings. The summed E-state index contributed by atoms with van der Waals surface area (Å²) in [5, 5.41) is 15.0. The fourth-order valence-corrected chi connectivity index (χ4v) is 1.23. The fraction of sp³-hybridized carbons (Fsp3) is 0.500. The molecule has 0 saturated carbocycles. The first-order valence-electron chi connectivity index (χ1n) is 5.34. The van der Waals surface area contributed by atoms with Crippen LogP contribution in [0.15, 0.2) is 12.4 Å². The summed E-state index contributed by atoms with van der Waals surface area (Å²) >= 11 is 0. The van der Waals surface area contributed by atoms with E-state index in [1.165, 1.54) is 12.4 Å². The molecule has 1 amide bonds. The third-order valence-electron chi connectivity index (χ3n) is 1.97. The number of aliphatic hydroxyl groups excluding tert-OH is 1. The number of aromatic nitrogens is 2. The standard InChI is InChI=1S/C10H17N5O2/c1-7(16)6-12-2-3-14-10-8(9(11)17)13-4-5-15-10/h4-5,7,12,16H,2-3,6H2,1H3,(H2,11,17)(H,14,15). The van der Waals surface area contributed by atoms with Gasteiger partial charge in [0.2, 0.25) is 0 Å². The van der Waals surface area contributed by atoms with Crippen LogP contribution < -0.4 is 16.4 Å². The molecule has 0 aromatic carbocycles. The Kier molecular flexibility index (Phi) is 5.31. The van der Waals surface area contributed by atoms with Gasteiger partial charge in [-0.2, -0.15) is 0 Å². The smallest absolute Gasteiger partial charge is 0.271 e. The lowest BCUT2D eigenvalue weighted by Gasteiger charge is -2.09. The molecule has 0 aliphatic carbocycles. The number of hydrogen-bond acceptors (Lipinski definition) is 6. The minimum Gasteiger partial charge on any atom is -0.392 e. The van der Waals surface area contributed by atoms with Crippen LogP contribution in [-0.4, -0.2) is 46.7 Å². The average Bonchev–Trinajstić information content (AvgIpc) is 2.28. The minimum atomic E-state index is -0.613. The number of nitrogens with two attached hydrogens (primary N) is 1. The Morgan fingerprint density at radius 3 is 2.82 bits per heavy atom. The number of nitrogens with zero attached hydrogens (tertiary/aromatic N) is 2. The molecule has 0 fully saturated rings. The lowest BCUT2D eigenvalue weighted by molar-refractivity contribution is 0.0996. The monoisotopic (exact) mass is 239 g/mol. The van der Waals surface area contributed by atoms with Gasteiger partial charge in [0, 0.05) is 32.0 Å². The average molecular weight is 239 g/mol. The van der Waals surface area contributed by atoms with Crippen molar-refractivity contribution in [2.75, 3.05) is 25.0 Å². The van der Waals surface area contributed by atoms with Gasteiger partial charge in [0.1, 0.15) is 0 Å². The van der Waals surface area contributed by atoms with Gasteiger partial charge in [-0.1, -0.05) is 0 Å². The van der Waals surface area contributed by atoms with E-state index in [1.54, 1.807) is 6.92 Å². The van der Waals surface area contributed by atoms with Gasteiger partial charge in [0.25, 0.3) is 5.91 Å². The normalized spacial score (nSPS) is 12.1. The topological polar surface area (TPSA) is 113 Å². The maximum Gasteiger partial charge on any atom is 0.271 e. The molecule has 0 saturated heterocycles. The second-order valence-electron chi connectivity index (χ2n) is 3.60. The summed E-state index contributed by atoms with van der Waals surface area (Å²) in [6, 6.07) is 0. The third kappa shape index (κ3) is 4.75. The van der Waals surface area contributed by atoms with E-state index < -0.39 is 5.91 Å². The Bertz CT molecular complexity index is 369. The summed E-state index contributed by atoms with van der Waals surface area (Å²) in [6.45, 7) is 3.42. The number of primary amides is 1. The summed E-state index contributed by atoms with van der Waals surface area (Å²) in [4.78, 5) is 18.9. The van der Waals surface area contributed by atoms with Gasteiger partial charge in [-0.15, -0.1) is 0 Å². The van der Waals surface area contributed by atoms with Crippen molar-refractivity contribution in [3.63, 3.8) is 0 Å². The highest BCUT2D eigenvalue weighted by atomic mass is 16.3. The molecule has 1 heterocycles. The van der Waals surface area contributed by atoms with Gasteiger partial charge in [0.05, 0.1) is 6.10 Å². The van der Waals surface area contributed by atoms with Crippen LogP contribution >= 0.6 is 0 Å². The molecular formula is C10H17N5O2. The second-order valence-corrected chi connectivity index (χ2v) is 3.60.